The van der Waals surface area contributed by atoms with Crippen molar-refractivity contribution in [2.45, 2.75) is 18.4 Å². The number of sulfone groups is 1. The lowest BCUT2D eigenvalue weighted by Crippen LogP contribution is -2.50. The van der Waals surface area contributed by atoms with E-state index in [1.54, 1.807) is 6.07 Å². The van der Waals surface area contributed by atoms with Crippen molar-refractivity contribution < 1.29 is 40.7 Å². The van der Waals surface area contributed by atoms with Crippen molar-refractivity contribution in [2.24, 2.45) is 0 Å². The van der Waals surface area contributed by atoms with Crippen LogP contribution in [0.4, 0.5) is 13.2 Å². The second-order valence-corrected chi connectivity index (χ2v) is 8.90. The van der Waals surface area contributed by atoms with Crippen LogP contribution in [0.15, 0.2) is 42.5 Å². The lowest BCUT2D eigenvalue weighted by atomic mass is 10.2. The van der Waals surface area contributed by atoms with Crippen LogP contribution in [0.5, 0.6) is 11.5 Å². The fourth-order valence-electron chi connectivity index (χ4n) is 2.87. The average molecular weight is 499 g/mol. The van der Waals surface area contributed by atoms with Gasteiger partial charge in [0.25, 0.3) is 5.91 Å². The third-order valence-electron chi connectivity index (χ3n) is 4.36. The molecule has 2 amide bonds. The lowest BCUT2D eigenvalue weighted by Gasteiger charge is -2.19. The standard InChI is InChI=1S/C21H20F3N3O6S/c1-32-18-7-6-13(10-15(18)22)19(28)27-16(20(29)26-9-8-25)12-34(30,31)11-14-4-2-3-5-17(14)33-21(23)24/h2-7,10,16,21H,9,11-12H2,1H3,(H,26,29)(H,27,28)/t16-/m0/s1. The van der Waals surface area contributed by atoms with E-state index in [0.29, 0.717) is 0 Å². The highest BCUT2D eigenvalue weighted by Gasteiger charge is 2.29. The summed E-state index contributed by atoms with van der Waals surface area (Å²) in [4.78, 5) is 25.0. The number of para-hydroxylation sites is 1. The minimum Gasteiger partial charge on any atom is -0.494 e. The molecule has 1 atom stereocenters. The minimum atomic E-state index is -4.19. The van der Waals surface area contributed by atoms with Gasteiger partial charge in [0.2, 0.25) is 5.91 Å². The van der Waals surface area contributed by atoms with Gasteiger partial charge in [0, 0.05) is 11.1 Å². The van der Waals surface area contributed by atoms with Gasteiger partial charge in [0.05, 0.1) is 24.7 Å². The number of methoxy groups -OCH3 is 1. The molecule has 0 spiro atoms. The number of nitrogens with zero attached hydrogens (tertiary/aromatic N) is 1. The zero-order valence-electron chi connectivity index (χ0n) is 17.8. The summed E-state index contributed by atoms with van der Waals surface area (Å²) in [6.45, 7) is -3.65. The molecule has 0 aliphatic carbocycles. The van der Waals surface area contributed by atoms with Gasteiger partial charge in [-0.25, -0.2) is 12.8 Å². The SMILES string of the molecule is COc1ccc(C(=O)N[C@@H](CS(=O)(=O)Cc2ccccc2OC(F)F)C(=O)NCC#N)cc1F. The van der Waals surface area contributed by atoms with E-state index in [1.807, 2.05) is 0 Å². The zero-order valence-corrected chi connectivity index (χ0v) is 18.6. The lowest BCUT2D eigenvalue weighted by molar-refractivity contribution is -0.122. The van der Waals surface area contributed by atoms with Crippen LogP contribution >= 0.6 is 0 Å². The fourth-order valence-corrected chi connectivity index (χ4v) is 4.44. The van der Waals surface area contributed by atoms with Gasteiger partial charge in [0.15, 0.2) is 21.4 Å². The molecule has 0 heterocycles. The topological polar surface area (TPSA) is 135 Å². The third-order valence-corrected chi connectivity index (χ3v) is 5.95. The van der Waals surface area contributed by atoms with Gasteiger partial charge in [-0.15, -0.1) is 0 Å². The Labute approximate surface area is 193 Å². The molecule has 2 aromatic carbocycles. The number of nitriles is 1. The maximum Gasteiger partial charge on any atom is 0.387 e. The van der Waals surface area contributed by atoms with Crippen LogP contribution in [0.2, 0.25) is 0 Å². The Morgan fingerprint density at radius 3 is 2.47 bits per heavy atom. The Morgan fingerprint density at radius 2 is 1.85 bits per heavy atom. The molecule has 0 radical (unpaired) electrons. The number of halogens is 3. The highest BCUT2D eigenvalue weighted by molar-refractivity contribution is 7.90. The zero-order chi connectivity index (χ0) is 25.3. The molecule has 2 aromatic rings. The first-order valence-electron chi connectivity index (χ1n) is 9.58. The third kappa shape index (κ3) is 7.66. The summed E-state index contributed by atoms with van der Waals surface area (Å²) in [5, 5.41) is 13.0. The van der Waals surface area contributed by atoms with Crippen LogP contribution < -0.4 is 20.1 Å². The van der Waals surface area contributed by atoms with E-state index >= 15 is 0 Å². The van der Waals surface area contributed by atoms with E-state index in [2.05, 4.69) is 15.4 Å². The predicted molar refractivity (Wildman–Crippen MR) is 113 cm³/mol. The van der Waals surface area contributed by atoms with Gasteiger partial charge in [-0.2, -0.15) is 14.0 Å². The number of alkyl halides is 2. The van der Waals surface area contributed by atoms with Gasteiger partial charge >= 0.3 is 6.61 Å². The Bertz CT molecular complexity index is 1180. The van der Waals surface area contributed by atoms with Gasteiger partial charge in [0.1, 0.15) is 18.3 Å². The molecule has 0 fully saturated rings. The van der Waals surface area contributed by atoms with E-state index in [0.717, 1.165) is 12.1 Å². The maximum atomic E-state index is 13.9. The molecule has 2 N–H and O–H groups in total. The second kappa shape index (κ2) is 11.9. The van der Waals surface area contributed by atoms with E-state index in [9.17, 15) is 31.2 Å². The van der Waals surface area contributed by atoms with Crippen LogP contribution in [-0.2, 0) is 20.4 Å². The molecule has 0 aliphatic rings. The molecule has 2 rings (SSSR count). The average Bonchev–Trinajstić information content (AvgIpc) is 2.77. The predicted octanol–water partition coefficient (Wildman–Crippen LogP) is 1.79. The van der Waals surface area contributed by atoms with Crippen LogP contribution in [0.3, 0.4) is 0 Å². The Hall–Kier alpha value is -3.79. The van der Waals surface area contributed by atoms with Gasteiger partial charge < -0.3 is 20.1 Å². The number of ether oxygens (including phenoxy) is 2. The molecule has 34 heavy (non-hydrogen) atoms. The summed E-state index contributed by atoms with van der Waals surface area (Å²) in [6.07, 6.45) is 0. The first-order chi connectivity index (χ1) is 16.1. The minimum absolute atomic E-state index is 0.0810. The highest BCUT2D eigenvalue weighted by Crippen LogP contribution is 2.23. The van der Waals surface area contributed by atoms with Crippen LogP contribution in [0.25, 0.3) is 0 Å². The number of carbonyl (C=O) groups excluding carboxylic acids is 2. The molecule has 0 saturated carbocycles. The van der Waals surface area contributed by atoms with Crippen LogP contribution in [0, 0.1) is 17.1 Å². The van der Waals surface area contributed by atoms with Crippen molar-refractivity contribution in [1.29, 1.82) is 5.26 Å². The second-order valence-electron chi connectivity index (χ2n) is 6.79. The molecule has 0 saturated heterocycles. The largest absolute Gasteiger partial charge is 0.494 e. The van der Waals surface area contributed by atoms with E-state index in [4.69, 9.17) is 10.00 Å². The van der Waals surface area contributed by atoms with Gasteiger partial charge in [-0.05, 0) is 24.3 Å². The number of rotatable bonds is 11. The first-order valence-corrected chi connectivity index (χ1v) is 11.4. The summed E-state index contributed by atoms with van der Waals surface area (Å²) >= 11 is 0. The number of benzene rings is 2. The van der Waals surface area contributed by atoms with Crippen LogP contribution in [-0.4, -0.2) is 52.3 Å². The van der Waals surface area contributed by atoms with Crippen LogP contribution in [0.1, 0.15) is 15.9 Å². The number of hydrogen-bond donors (Lipinski definition) is 2. The number of nitrogens with one attached hydrogen (secondary N) is 2. The van der Waals surface area contributed by atoms with E-state index < -0.39 is 58.2 Å². The number of hydrogen-bond acceptors (Lipinski definition) is 7. The molecule has 0 bridgehead atoms. The summed E-state index contributed by atoms with van der Waals surface area (Å²) in [6, 6.07) is 8.40. The number of carbonyl (C=O) groups is 2. The van der Waals surface area contributed by atoms with Crippen molar-refractivity contribution in [3.8, 4) is 17.6 Å². The van der Waals surface area contributed by atoms with Crippen molar-refractivity contribution in [3.05, 3.63) is 59.4 Å². The van der Waals surface area contributed by atoms with E-state index in [-0.39, 0.29) is 22.6 Å². The van der Waals surface area contributed by atoms with Crippen molar-refractivity contribution in [2.75, 3.05) is 19.4 Å². The Balaban J connectivity index is 2.25. The van der Waals surface area contributed by atoms with Crippen molar-refractivity contribution in [1.82, 2.24) is 10.6 Å². The summed E-state index contributed by atoms with van der Waals surface area (Å²) < 4.78 is 73.8. The molecule has 0 aliphatic heterocycles. The molecule has 0 unspecified atom stereocenters. The maximum absolute atomic E-state index is 13.9. The smallest absolute Gasteiger partial charge is 0.387 e. The molecular formula is C21H20F3N3O6S. The first kappa shape index (κ1) is 26.5. The number of amides is 2. The molecule has 13 heteroatoms. The van der Waals surface area contributed by atoms with Crippen molar-refractivity contribution in [3.63, 3.8) is 0 Å². The summed E-state index contributed by atoms with van der Waals surface area (Å²) in [5.41, 5.74) is -0.299. The summed E-state index contributed by atoms with van der Waals surface area (Å²) in [7, 11) is -2.96. The summed E-state index contributed by atoms with van der Waals surface area (Å²) in [5.74, 6) is -5.00. The van der Waals surface area contributed by atoms with Gasteiger partial charge in [-0.3, -0.25) is 9.59 Å². The van der Waals surface area contributed by atoms with E-state index in [1.165, 1.54) is 37.4 Å². The molecule has 9 nitrogen and oxygen atoms in total. The fraction of sp³-hybridized carbons (Fsp3) is 0.286. The normalized spacial score (nSPS) is 11.9. The highest BCUT2D eigenvalue weighted by atomic mass is 32.2. The Kier molecular flexibility index (Phi) is 9.26. The molecule has 182 valence electrons. The Morgan fingerprint density at radius 1 is 1.15 bits per heavy atom. The van der Waals surface area contributed by atoms with Gasteiger partial charge in [-0.1, -0.05) is 18.2 Å². The molecular weight excluding hydrogens is 479 g/mol. The molecule has 0 aromatic heterocycles. The quantitative estimate of drug-likeness (QED) is 0.450. The monoisotopic (exact) mass is 499 g/mol. The van der Waals surface area contributed by atoms with Crippen molar-refractivity contribution >= 4 is 21.7 Å².